The Balaban J connectivity index is 1.95. The molecule has 1 heterocycles. The van der Waals surface area contributed by atoms with Gasteiger partial charge in [-0.3, -0.25) is 0 Å². The quantitative estimate of drug-likeness (QED) is 0.829. The minimum absolute atomic E-state index is 0.0114. The summed E-state index contributed by atoms with van der Waals surface area (Å²) >= 11 is 0. The SMILES string of the molecule is CCCN(c1ccc(S(=O)(=O)c2ccccc2)cc1O)C1CCNC1. The molecule has 0 amide bonds. The average Bonchev–Trinajstić information content (AvgIpc) is 3.15. The molecule has 1 aliphatic heterocycles. The number of benzene rings is 2. The second-order valence-electron chi connectivity index (χ2n) is 6.31. The van der Waals surface area contributed by atoms with E-state index in [2.05, 4.69) is 17.1 Å². The molecule has 1 fully saturated rings. The Morgan fingerprint density at radius 2 is 1.92 bits per heavy atom. The third kappa shape index (κ3) is 3.65. The summed E-state index contributed by atoms with van der Waals surface area (Å²) in [5.74, 6) is 0.0114. The second kappa shape index (κ2) is 7.45. The van der Waals surface area contributed by atoms with E-state index in [4.69, 9.17) is 0 Å². The molecule has 1 unspecified atom stereocenters. The predicted octanol–water partition coefficient (Wildman–Crippen LogP) is 2.80. The first-order chi connectivity index (χ1) is 12.0. The highest BCUT2D eigenvalue weighted by Gasteiger charge is 2.25. The molecule has 0 saturated carbocycles. The molecule has 3 rings (SSSR count). The first-order valence-electron chi connectivity index (χ1n) is 8.64. The van der Waals surface area contributed by atoms with Gasteiger partial charge in [-0.05, 0) is 43.7 Å². The van der Waals surface area contributed by atoms with Crippen molar-refractivity contribution in [1.29, 1.82) is 0 Å². The maximum Gasteiger partial charge on any atom is 0.206 e. The molecule has 0 aromatic heterocycles. The first-order valence-corrected chi connectivity index (χ1v) is 10.1. The van der Waals surface area contributed by atoms with Crippen LogP contribution in [0.15, 0.2) is 58.3 Å². The van der Waals surface area contributed by atoms with Crippen LogP contribution in [0, 0.1) is 0 Å². The molecule has 2 N–H and O–H groups in total. The number of phenols is 1. The lowest BCUT2D eigenvalue weighted by Crippen LogP contribution is -2.37. The van der Waals surface area contributed by atoms with Crippen LogP contribution in [0.4, 0.5) is 5.69 Å². The van der Waals surface area contributed by atoms with Gasteiger partial charge in [-0.1, -0.05) is 25.1 Å². The number of hydrogen-bond donors (Lipinski definition) is 2. The van der Waals surface area contributed by atoms with Gasteiger partial charge in [-0.2, -0.15) is 0 Å². The van der Waals surface area contributed by atoms with E-state index < -0.39 is 9.84 Å². The molecule has 5 nitrogen and oxygen atoms in total. The van der Waals surface area contributed by atoms with Gasteiger partial charge in [-0.25, -0.2) is 8.42 Å². The molecular weight excluding hydrogens is 336 g/mol. The molecule has 1 saturated heterocycles. The number of rotatable bonds is 6. The topological polar surface area (TPSA) is 69.6 Å². The summed E-state index contributed by atoms with van der Waals surface area (Å²) in [6, 6.07) is 13.3. The Morgan fingerprint density at radius 3 is 2.52 bits per heavy atom. The molecule has 2 aromatic carbocycles. The number of hydrogen-bond acceptors (Lipinski definition) is 5. The van der Waals surface area contributed by atoms with Crippen LogP contribution >= 0.6 is 0 Å². The van der Waals surface area contributed by atoms with Crippen molar-refractivity contribution in [3.63, 3.8) is 0 Å². The highest BCUT2D eigenvalue weighted by atomic mass is 32.2. The van der Waals surface area contributed by atoms with Crippen molar-refractivity contribution in [1.82, 2.24) is 5.32 Å². The Labute approximate surface area is 149 Å². The lowest BCUT2D eigenvalue weighted by molar-refractivity contribution is 0.468. The van der Waals surface area contributed by atoms with Crippen LogP contribution in [0.2, 0.25) is 0 Å². The van der Waals surface area contributed by atoms with Crippen molar-refractivity contribution in [2.45, 2.75) is 35.6 Å². The number of nitrogens with one attached hydrogen (secondary N) is 1. The fourth-order valence-electron chi connectivity index (χ4n) is 3.30. The molecule has 134 valence electrons. The zero-order valence-electron chi connectivity index (χ0n) is 14.4. The first kappa shape index (κ1) is 17.8. The molecular formula is C19H24N2O3S. The lowest BCUT2D eigenvalue weighted by atomic mass is 10.1. The predicted molar refractivity (Wildman–Crippen MR) is 98.9 cm³/mol. The summed E-state index contributed by atoms with van der Waals surface area (Å²) in [7, 11) is -3.63. The number of phenolic OH excluding ortho intramolecular Hbond substituents is 1. The van der Waals surface area contributed by atoms with Gasteiger partial charge in [0.05, 0.1) is 15.5 Å². The third-order valence-electron chi connectivity index (χ3n) is 4.56. The van der Waals surface area contributed by atoms with Gasteiger partial charge in [0.15, 0.2) is 0 Å². The molecule has 6 heteroatoms. The Morgan fingerprint density at radius 1 is 1.16 bits per heavy atom. The molecule has 0 aliphatic carbocycles. The maximum absolute atomic E-state index is 12.7. The largest absolute Gasteiger partial charge is 0.506 e. The van der Waals surface area contributed by atoms with Crippen LogP contribution in [0.1, 0.15) is 19.8 Å². The van der Waals surface area contributed by atoms with Crippen molar-refractivity contribution in [3.05, 3.63) is 48.5 Å². The van der Waals surface area contributed by atoms with E-state index in [1.54, 1.807) is 42.5 Å². The van der Waals surface area contributed by atoms with Crippen LogP contribution in [0.25, 0.3) is 0 Å². The minimum Gasteiger partial charge on any atom is -0.506 e. The van der Waals surface area contributed by atoms with E-state index in [0.29, 0.717) is 11.7 Å². The number of anilines is 1. The van der Waals surface area contributed by atoms with E-state index >= 15 is 0 Å². The van der Waals surface area contributed by atoms with Crippen molar-refractivity contribution < 1.29 is 13.5 Å². The summed E-state index contributed by atoms with van der Waals surface area (Å²) in [6.45, 7) is 4.76. The Kier molecular flexibility index (Phi) is 5.30. The molecule has 1 aliphatic rings. The van der Waals surface area contributed by atoms with Crippen LogP contribution in [-0.2, 0) is 9.84 Å². The summed E-state index contributed by atoms with van der Waals surface area (Å²) in [5.41, 5.74) is 0.697. The van der Waals surface area contributed by atoms with E-state index in [1.807, 2.05) is 0 Å². The zero-order valence-corrected chi connectivity index (χ0v) is 15.2. The van der Waals surface area contributed by atoms with E-state index in [1.165, 1.54) is 6.07 Å². The molecule has 0 radical (unpaired) electrons. The molecule has 0 bridgehead atoms. The summed E-state index contributed by atoms with van der Waals surface area (Å²) in [5, 5.41) is 13.9. The minimum atomic E-state index is -3.63. The van der Waals surface area contributed by atoms with Gasteiger partial charge in [0.1, 0.15) is 5.75 Å². The molecule has 0 spiro atoms. The van der Waals surface area contributed by atoms with Crippen molar-refractivity contribution in [2.24, 2.45) is 0 Å². The smallest absolute Gasteiger partial charge is 0.206 e. The number of aromatic hydroxyl groups is 1. The average molecular weight is 360 g/mol. The van der Waals surface area contributed by atoms with Crippen LogP contribution in [-0.4, -0.2) is 39.2 Å². The van der Waals surface area contributed by atoms with Crippen LogP contribution in [0.5, 0.6) is 5.75 Å². The van der Waals surface area contributed by atoms with Gasteiger partial charge in [0, 0.05) is 25.2 Å². The Bertz CT molecular complexity index is 816. The molecule has 1 atom stereocenters. The highest BCUT2D eigenvalue weighted by molar-refractivity contribution is 7.91. The van der Waals surface area contributed by atoms with Crippen LogP contribution < -0.4 is 10.2 Å². The number of nitrogens with zero attached hydrogens (tertiary/aromatic N) is 1. The standard InChI is InChI=1S/C19H24N2O3S/c1-2-12-21(15-10-11-20-14-15)18-9-8-17(13-19(18)22)25(23,24)16-6-4-3-5-7-16/h3-9,13,15,20,22H,2,10-12,14H2,1H3. The Hall–Kier alpha value is -2.05. The third-order valence-corrected chi connectivity index (χ3v) is 6.33. The van der Waals surface area contributed by atoms with Crippen molar-refractivity contribution in [2.75, 3.05) is 24.5 Å². The summed E-state index contributed by atoms with van der Waals surface area (Å²) in [6.07, 6.45) is 1.98. The number of sulfone groups is 1. The lowest BCUT2D eigenvalue weighted by Gasteiger charge is -2.31. The molecule has 2 aromatic rings. The van der Waals surface area contributed by atoms with E-state index in [-0.39, 0.29) is 15.5 Å². The van der Waals surface area contributed by atoms with Gasteiger partial charge in [0.25, 0.3) is 0 Å². The van der Waals surface area contributed by atoms with Crippen molar-refractivity contribution >= 4 is 15.5 Å². The van der Waals surface area contributed by atoms with Crippen molar-refractivity contribution in [3.8, 4) is 5.75 Å². The summed E-state index contributed by atoms with van der Waals surface area (Å²) < 4.78 is 25.4. The highest BCUT2D eigenvalue weighted by Crippen LogP contribution is 2.34. The van der Waals surface area contributed by atoms with Gasteiger partial charge >= 0.3 is 0 Å². The maximum atomic E-state index is 12.7. The van der Waals surface area contributed by atoms with E-state index in [9.17, 15) is 13.5 Å². The van der Waals surface area contributed by atoms with E-state index in [0.717, 1.165) is 32.5 Å². The second-order valence-corrected chi connectivity index (χ2v) is 8.26. The van der Waals surface area contributed by atoms with Gasteiger partial charge < -0.3 is 15.3 Å². The molecule has 25 heavy (non-hydrogen) atoms. The van der Waals surface area contributed by atoms with Crippen LogP contribution in [0.3, 0.4) is 0 Å². The fourth-order valence-corrected chi connectivity index (χ4v) is 4.60. The van der Waals surface area contributed by atoms with Gasteiger partial charge in [0.2, 0.25) is 9.84 Å². The fraction of sp³-hybridized carbons (Fsp3) is 0.368. The van der Waals surface area contributed by atoms with Gasteiger partial charge in [-0.15, -0.1) is 0 Å². The zero-order chi connectivity index (χ0) is 17.9. The normalized spacial score (nSPS) is 17.6. The monoisotopic (exact) mass is 360 g/mol. The summed E-state index contributed by atoms with van der Waals surface area (Å²) in [4.78, 5) is 2.52.